The molecule has 0 bridgehead atoms. The molecular weight excluding hydrogens is 228 g/mol. The topological polar surface area (TPSA) is 38.9 Å². The molecule has 0 fully saturated rings. The molecule has 0 aliphatic heterocycles. The second kappa shape index (κ2) is 3.86. The summed E-state index contributed by atoms with van der Waals surface area (Å²) < 4.78 is 1.31. The largest absolute Gasteiger partial charge is 0.399 e. The Balaban J connectivity index is 2.23. The van der Waals surface area contributed by atoms with Gasteiger partial charge in [0.1, 0.15) is 5.52 Å². The Morgan fingerprint density at radius 2 is 1.82 bits per heavy atom. The van der Waals surface area contributed by atoms with Gasteiger partial charge < -0.3 is 5.73 Å². The molecule has 3 heteroatoms. The number of benzene rings is 2. The fourth-order valence-corrected chi connectivity index (χ4v) is 3.67. The zero-order valence-corrected chi connectivity index (χ0v) is 10.4. The minimum absolute atomic E-state index is 0.0314. The fourth-order valence-electron chi connectivity index (χ4n) is 1.87. The summed E-state index contributed by atoms with van der Waals surface area (Å²) in [4.78, 5) is 5.75. The number of nitrogens with two attached hydrogens (primary N) is 1. The van der Waals surface area contributed by atoms with Gasteiger partial charge in [0.2, 0.25) is 10.2 Å². The maximum Gasteiger partial charge on any atom is 0.236 e. The first kappa shape index (κ1) is 10.3. The Hall–Kier alpha value is -1.87. The molecule has 2 nitrogen and oxygen atoms in total. The van der Waals surface area contributed by atoms with Crippen molar-refractivity contribution in [3.63, 3.8) is 0 Å². The Morgan fingerprint density at radius 3 is 2.59 bits per heavy atom. The van der Waals surface area contributed by atoms with E-state index in [1.54, 1.807) is 0 Å². The molecule has 0 saturated heterocycles. The van der Waals surface area contributed by atoms with Gasteiger partial charge in [-0.2, -0.15) is 4.98 Å². The van der Waals surface area contributed by atoms with Crippen molar-refractivity contribution < 1.29 is 0 Å². The molecule has 1 atom stereocenters. The number of thiazole rings is 1. The molecule has 0 aliphatic carbocycles. The first-order chi connectivity index (χ1) is 8.24. The van der Waals surface area contributed by atoms with Crippen LogP contribution in [-0.4, -0.2) is 4.98 Å². The summed E-state index contributed by atoms with van der Waals surface area (Å²) >= 11 is 0. The highest BCUT2D eigenvalue weighted by Crippen LogP contribution is 2.38. The van der Waals surface area contributed by atoms with Crippen LogP contribution in [0.25, 0.3) is 15.1 Å². The Bertz CT molecular complexity index is 668. The average molecular weight is 241 g/mol. The van der Waals surface area contributed by atoms with E-state index in [4.69, 9.17) is 5.73 Å². The van der Waals surface area contributed by atoms with Crippen LogP contribution in [0.4, 0.5) is 5.69 Å². The van der Waals surface area contributed by atoms with Crippen LogP contribution in [0.15, 0.2) is 48.0 Å². The molecule has 17 heavy (non-hydrogen) atoms. The van der Waals surface area contributed by atoms with Crippen molar-refractivity contribution in [3.8, 4) is 4.90 Å². The lowest BCUT2D eigenvalue weighted by molar-refractivity contribution is 1.46. The molecule has 3 rings (SSSR count). The fraction of sp³-hybridized carbons (Fsp3) is 0.0714. The standard InChI is InChI=1S/C14H13N2S/c1-10-2-7-13-14(8-10)17(9-16-13)12-5-3-11(15)4-6-12/h2-9H,15H2,1H3/q+1. The minimum Gasteiger partial charge on any atom is -0.399 e. The summed E-state index contributed by atoms with van der Waals surface area (Å²) in [6, 6.07) is 14.5. The van der Waals surface area contributed by atoms with Crippen molar-refractivity contribution in [3.05, 3.63) is 53.5 Å². The molecular formula is C14H13N2S+. The Kier molecular flexibility index (Phi) is 2.34. The van der Waals surface area contributed by atoms with Crippen LogP contribution >= 0.6 is 10.5 Å². The highest BCUT2D eigenvalue weighted by molar-refractivity contribution is 7.43. The molecule has 0 aliphatic rings. The average Bonchev–Trinajstić information content (AvgIpc) is 2.73. The first-order valence-corrected chi connectivity index (χ1v) is 6.76. The zero-order chi connectivity index (χ0) is 11.8. The molecule has 3 aromatic rings. The van der Waals surface area contributed by atoms with E-state index in [9.17, 15) is 0 Å². The molecule has 84 valence electrons. The lowest BCUT2D eigenvalue weighted by Crippen LogP contribution is -1.81. The monoisotopic (exact) mass is 241 g/mol. The van der Waals surface area contributed by atoms with Crippen LogP contribution in [0, 0.1) is 6.92 Å². The molecule has 1 aromatic heterocycles. The summed E-state index contributed by atoms with van der Waals surface area (Å²) in [7, 11) is -0.0314. The summed E-state index contributed by atoms with van der Waals surface area (Å²) in [6.45, 7) is 2.11. The lowest BCUT2D eigenvalue weighted by atomic mass is 10.2. The van der Waals surface area contributed by atoms with Gasteiger partial charge >= 0.3 is 0 Å². The van der Waals surface area contributed by atoms with Crippen LogP contribution in [0.2, 0.25) is 0 Å². The van der Waals surface area contributed by atoms with Crippen molar-refractivity contribution >= 4 is 26.4 Å². The van der Waals surface area contributed by atoms with Gasteiger partial charge in [0.05, 0.1) is 0 Å². The number of nitrogens with zero attached hydrogens (tertiary/aromatic N) is 1. The minimum atomic E-state index is -0.0314. The van der Waals surface area contributed by atoms with Crippen molar-refractivity contribution in [2.24, 2.45) is 0 Å². The maximum atomic E-state index is 5.71. The number of aromatic nitrogens is 1. The van der Waals surface area contributed by atoms with E-state index in [1.165, 1.54) is 15.2 Å². The van der Waals surface area contributed by atoms with Crippen LogP contribution in [0.5, 0.6) is 0 Å². The lowest BCUT2D eigenvalue weighted by Gasteiger charge is -1.93. The van der Waals surface area contributed by atoms with Crippen LogP contribution in [0.1, 0.15) is 5.56 Å². The van der Waals surface area contributed by atoms with E-state index < -0.39 is 0 Å². The van der Waals surface area contributed by atoms with E-state index in [-0.39, 0.29) is 10.5 Å². The SMILES string of the molecule is Cc1ccc2nc[s+](-c3ccc(N)cc3)c2c1. The number of nitrogen functional groups attached to an aromatic ring is 1. The number of hydrogen-bond donors (Lipinski definition) is 1. The normalized spacial score (nSPS) is 11.9. The number of anilines is 1. The van der Waals surface area contributed by atoms with Crippen LogP contribution < -0.4 is 5.73 Å². The quantitative estimate of drug-likeness (QED) is 0.519. The Labute approximate surface area is 103 Å². The molecule has 2 aromatic carbocycles. The smallest absolute Gasteiger partial charge is 0.236 e. The van der Waals surface area contributed by atoms with Gasteiger partial charge in [-0.3, -0.25) is 0 Å². The number of hydrogen-bond acceptors (Lipinski definition) is 2. The number of rotatable bonds is 1. The first-order valence-electron chi connectivity index (χ1n) is 5.47. The van der Waals surface area contributed by atoms with Gasteiger partial charge in [-0.1, -0.05) is 6.07 Å². The van der Waals surface area contributed by atoms with E-state index in [0.29, 0.717) is 0 Å². The van der Waals surface area contributed by atoms with E-state index in [0.717, 1.165) is 11.2 Å². The summed E-state index contributed by atoms with van der Waals surface area (Å²) in [5.41, 5.74) is 10.9. The Morgan fingerprint density at radius 1 is 1.06 bits per heavy atom. The third kappa shape index (κ3) is 1.78. The van der Waals surface area contributed by atoms with E-state index in [1.807, 2.05) is 17.6 Å². The van der Waals surface area contributed by atoms with Crippen molar-refractivity contribution in [1.29, 1.82) is 0 Å². The van der Waals surface area contributed by atoms with Crippen molar-refractivity contribution in [2.45, 2.75) is 6.92 Å². The highest BCUT2D eigenvalue weighted by Gasteiger charge is 2.16. The zero-order valence-electron chi connectivity index (χ0n) is 9.55. The van der Waals surface area contributed by atoms with Crippen LogP contribution in [0.3, 0.4) is 0 Å². The van der Waals surface area contributed by atoms with Gasteiger partial charge in [0.15, 0.2) is 4.90 Å². The maximum absolute atomic E-state index is 5.71. The van der Waals surface area contributed by atoms with Gasteiger partial charge in [-0.25, -0.2) is 0 Å². The molecule has 0 amide bonds. The molecule has 1 unspecified atom stereocenters. The van der Waals surface area contributed by atoms with Gasteiger partial charge in [-0.05, 0) is 30.7 Å². The third-order valence-corrected chi connectivity index (χ3v) is 4.68. The molecule has 0 saturated carbocycles. The van der Waals surface area contributed by atoms with Crippen LogP contribution in [-0.2, 0) is 0 Å². The number of fused-ring (bicyclic) bond motifs is 1. The molecule has 0 radical (unpaired) electrons. The molecule has 0 spiro atoms. The predicted molar refractivity (Wildman–Crippen MR) is 74.7 cm³/mol. The predicted octanol–water partition coefficient (Wildman–Crippen LogP) is 3.86. The third-order valence-electron chi connectivity index (χ3n) is 2.78. The van der Waals surface area contributed by atoms with Gasteiger partial charge in [-0.15, -0.1) is 0 Å². The highest BCUT2D eigenvalue weighted by atomic mass is 32.2. The molecule has 2 N–H and O–H groups in total. The van der Waals surface area contributed by atoms with Crippen molar-refractivity contribution in [1.82, 2.24) is 4.98 Å². The van der Waals surface area contributed by atoms with Crippen molar-refractivity contribution in [2.75, 3.05) is 5.73 Å². The van der Waals surface area contributed by atoms with E-state index >= 15 is 0 Å². The summed E-state index contributed by atoms with van der Waals surface area (Å²) in [5, 5.41) is 0. The summed E-state index contributed by atoms with van der Waals surface area (Å²) in [5.74, 6) is 0. The van der Waals surface area contributed by atoms with E-state index in [2.05, 4.69) is 42.2 Å². The van der Waals surface area contributed by atoms with Gasteiger partial charge in [0, 0.05) is 34.4 Å². The van der Waals surface area contributed by atoms with Gasteiger partial charge in [0.25, 0.3) is 0 Å². The molecule has 1 heterocycles. The second-order valence-electron chi connectivity index (χ2n) is 4.11. The number of aryl methyl sites for hydroxylation is 1. The second-order valence-corrected chi connectivity index (χ2v) is 5.91. The summed E-state index contributed by atoms with van der Waals surface area (Å²) in [6.07, 6.45) is 0.